The van der Waals surface area contributed by atoms with E-state index in [1.807, 2.05) is 0 Å². The lowest BCUT2D eigenvalue weighted by molar-refractivity contribution is -0.152. The Balaban J connectivity index is 1.45. The van der Waals surface area contributed by atoms with E-state index in [0.717, 1.165) is 0 Å². The van der Waals surface area contributed by atoms with Gasteiger partial charge in [-0.05, 0) is 43.3 Å². The fourth-order valence-electron chi connectivity index (χ4n) is 2.51. The van der Waals surface area contributed by atoms with Crippen LogP contribution >= 0.6 is 0 Å². The van der Waals surface area contributed by atoms with E-state index in [1.165, 1.54) is 14.0 Å². The lowest BCUT2D eigenvalue weighted by atomic mass is 10.2. The van der Waals surface area contributed by atoms with Gasteiger partial charge in [-0.1, -0.05) is 0 Å². The first-order valence-corrected chi connectivity index (χ1v) is 8.78. The van der Waals surface area contributed by atoms with E-state index in [9.17, 15) is 14.4 Å². The molecule has 152 valence electrons. The summed E-state index contributed by atoms with van der Waals surface area (Å²) in [6.45, 7) is 1.20. The van der Waals surface area contributed by atoms with Crippen molar-refractivity contribution >= 4 is 23.5 Å². The van der Waals surface area contributed by atoms with E-state index in [-0.39, 0.29) is 13.3 Å². The van der Waals surface area contributed by atoms with Crippen molar-refractivity contribution in [3.8, 4) is 17.2 Å². The lowest BCUT2D eigenvalue weighted by Crippen LogP contribution is -2.35. The van der Waals surface area contributed by atoms with Crippen molar-refractivity contribution < 1.29 is 33.3 Å². The minimum Gasteiger partial charge on any atom is -0.497 e. The molecule has 1 heterocycles. The van der Waals surface area contributed by atoms with E-state index in [0.29, 0.717) is 28.5 Å². The van der Waals surface area contributed by atoms with Crippen molar-refractivity contribution in [2.45, 2.75) is 13.0 Å². The first-order valence-electron chi connectivity index (χ1n) is 8.78. The highest BCUT2D eigenvalue weighted by molar-refractivity contribution is 5.97. The number of rotatable bonds is 7. The Morgan fingerprint density at radius 3 is 2.52 bits per heavy atom. The molecular weight excluding hydrogens is 380 g/mol. The summed E-state index contributed by atoms with van der Waals surface area (Å²) >= 11 is 0. The molecule has 0 bridgehead atoms. The minimum absolute atomic E-state index is 0.128. The van der Waals surface area contributed by atoms with Crippen LogP contribution in [0.3, 0.4) is 0 Å². The monoisotopic (exact) mass is 400 g/mol. The van der Waals surface area contributed by atoms with Crippen molar-refractivity contribution in [2.75, 3.05) is 25.8 Å². The zero-order valence-corrected chi connectivity index (χ0v) is 15.9. The normalized spacial score (nSPS) is 12.6. The predicted molar refractivity (Wildman–Crippen MR) is 102 cm³/mol. The average molecular weight is 400 g/mol. The second kappa shape index (κ2) is 8.96. The van der Waals surface area contributed by atoms with E-state index in [4.69, 9.17) is 18.9 Å². The number of hydrogen-bond donors (Lipinski definition) is 2. The van der Waals surface area contributed by atoms with Crippen molar-refractivity contribution in [1.82, 2.24) is 5.32 Å². The zero-order chi connectivity index (χ0) is 20.8. The van der Waals surface area contributed by atoms with Crippen LogP contribution in [0.15, 0.2) is 42.5 Å². The minimum atomic E-state index is -1.05. The molecule has 0 aliphatic carbocycles. The third-order valence-corrected chi connectivity index (χ3v) is 4.06. The molecule has 1 aliphatic heterocycles. The molecule has 0 radical (unpaired) electrons. The van der Waals surface area contributed by atoms with Crippen LogP contribution in [0.2, 0.25) is 0 Å². The van der Waals surface area contributed by atoms with Gasteiger partial charge in [0, 0.05) is 17.3 Å². The van der Waals surface area contributed by atoms with Gasteiger partial charge in [-0.2, -0.15) is 0 Å². The fraction of sp³-hybridized carbons (Fsp3) is 0.250. The highest BCUT2D eigenvalue weighted by Gasteiger charge is 2.20. The summed E-state index contributed by atoms with van der Waals surface area (Å²) < 4.78 is 20.5. The smallest absolute Gasteiger partial charge is 0.326 e. The molecule has 29 heavy (non-hydrogen) atoms. The first kappa shape index (κ1) is 20.0. The van der Waals surface area contributed by atoms with Crippen LogP contribution in [-0.4, -0.2) is 44.3 Å². The molecule has 3 rings (SSSR count). The molecule has 2 amide bonds. The van der Waals surface area contributed by atoms with Gasteiger partial charge in [0.25, 0.3) is 11.8 Å². The molecule has 9 heteroatoms. The summed E-state index contributed by atoms with van der Waals surface area (Å²) in [6.07, 6.45) is -1.05. The SMILES string of the molecule is COc1ccc(C(=O)NCC(=O)O[C@H](C)C(=O)Nc2ccc3c(c2)OCO3)cc1. The molecule has 9 nitrogen and oxygen atoms in total. The Kier molecular flexibility index (Phi) is 6.18. The van der Waals surface area contributed by atoms with Gasteiger partial charge in [0.2, 0.25) is 6.79 Å². The number of esters is 1. The van der Waals surface area contributed by atoms with Gasteiger partial charge in [0.15, 0.2) is 17.6 Å². The number of ether oxygens (including phenoxy) is 4. The number of hydrogen-bond acceptors (Lipinski definition) is 7. The maximum absolute atomic E-state index is 12.2. The maximum Gasteiger partial charge on any atom is 0.326 e. The number of anilines is 1. The van der Waals surface area contributed by atoms with Gasteiger partial charge in [-0.25, -0.2) is 0 Å². The molecule has 0 aromatic heterocycles. The average Bonchev–Trinajstić information content (AvgIpc) is 3.19. The number of carbonyl (C=O) groups is 3. The van der Waals surface area contributed by atoms with Crippen molar-refractivity contribution in [3.63, 3.8) is 0 Å². The Morgan fingerprint density at radius 2 is 1.79 bits per heavy atom. The van der Waals surface area contributed by atoms with Crippen LogP contribution in [0, 0.1) is 0 Å². The topological polar surface area (TPSA) is 112 Å². The number of carbonyl (C=O) groups excluding carboxylic acids is 3. The van der Waals surface area contributed by atoms with Gasteiger partial charge >= 0.3 is 5.97 Å². The third-order valence-electron chi connectivity index (χ3n) is 4.06. The summed E-state index contributed by atoms with van der Waals surface area (Å²) in [6, 6.07) is 11.3. The summed E-state index contributed by atoms with van der Waals surface area (Å²) in [5, 5.41) is 5.07. The number of methoxy groups -OCH3 is 1. The third kappa shape index (κ3) is 5.16. The quantitative estimate of drug-likeness (QED) is 0.681. The van der Waals surface area contributed by atoms with Crippen LogP contribution in [0.5, 0.6) is 17.2 Å². The molecular formula is C20H20N2O7. The molecule has 2 aromatic carbocycles. The second-order valence-electron chi connectivity index (χ2n) is 6.10. The summed E-state index contributed by atoms with van der Waals surface area (Å²) in [5.74, 6) is 0.0352. The molecule has 2 aromatic rings. The van der Waals surface area contributed by atoms with Gasteiger partial charge in [-0.3, -0.25) is 14.4 Å². The molecule has 1 aliphatic rings. The van der Waals surface area contributed by atoms with Crippen molar-refractivity contribution in [1.29, 1.82) is 0 Å². The van der Waals surface area contributed by atoms with E-state index >= 15 is 0 Å². The summed E-state index contributed by atoms with van der Waals surface area (Å²) in [5.41, 5.74) is 0.849. The Labute approximate surface area is 166 Å². The van der Waals surface area contributed by atoms with Crippen molar-refractivity contribution in [2.24, 2.45) is 0 Å². The Morgan fingerprint density at radius 1 is 1.07 bits per heavy atom. The predicted octanol–water partition coefficient (Wildman–Crippen LogP) is 1.72. The van der Waals surface area contributed by atoms with Gasteiger partial charge in [0.05, 0.1) is 7.11 Å². The Hall–Kier alpha value is -3.75. The van der Waals surface area contributed by atoms with E-state index in [2.05, 4.69) is 10.6 Å². The fourth-order valence-corrected chi connectivity index (χ4v) is 2.51. The molecule has 0 saturated carbocycles. The number of fused-ring (bicyclic) bond motifs is 1. The summed E-state index contributed by atoms with van der Waals surface area (Å²) in [4.78, 5) is 36.2. The zero-order valence-electron chi connectivity index (χ0n) is 15.9. The molecule has 0 spiro atoms. The first-order chi connectivity index (χ1) is 14.0. The van der Waals surface area contributed by atoms with Crippen LogP contribution in [0.1, 0.15) is 17.3 Å². The lowest BCUT2D eigenvalue weighted by Gasteiger charge is -2.14. The second-order valence-corrected chi connectivity index (χ2v) is 6.10. The molecule has 0 unspecified atom stereocenters. The van der Waals surface area contributed by atoms with Crippen LogP contribution in [0.4, 0.5) is 5.69 Å². The van der Waals surface area contributed by atoms with Crippen molar-refractivity contribution in [3.05, 3.63) is 48.0 Å². The van der Waals surface area contributed by atoms with Gasteiger partial charge < -0.3 is 29.6 Å². The number of nitrogens with one attached hydrogen (secondary N) is 2. The molecule has 2 N–H and O–H groups in total. The van der Waals surface area contributed by atoms with Gasteiger partial charge in [0.1, 0.15) is 12.3 Å². The van der Waals surface area contributed by atoms with E-state index in [1.54, 1.807) is 42.5 Å². The van der Waals surface area contributed by atoms with Gasteiger partial charge in [-0.15, -0.1) is 0 Å². The highest BCUT2D eigenvalue weighted by Crippen LogP contribution is 2.34. The van der Waals surface area contributed by atoms with E-state index < -0.39 is 23.9 Å². The summed E-state index contributed by atoms with van der Waals surface area (Å²) in [7, 11) is 1.52. The maximum atomic E-state index is 12.2. The molecule has 0 saturated heterocycles. The standard InChI is InChI=1S/C20H20N2O7/c1-12(19(24)22-14-5-8-16-17(9-14)28-11-27-16)29-18(23)10-21-20(25)13-3-6-15(26-2)7-4-13/h3-9,12H,10-11H2,1-2H3,(H,21,25)(H,22,24)/t12-/m1/s1. The largest absolute Gasteiger partial charge is 0.497 e. The van der Waals surface area contributed by atoms with Crippen LogP contribution in [0.25, 0.3) is 0 Å². The number of benzene rings is 2. The number of amides is 2. The van der Waals surface area contributed by atoms with Crippen LogP contribution in [-0.2, 0) is 14.3 Å². The molecule has 0 fully saturated rings. The highest BCUT2D eigenvalue weighted by atomic mass is 16.7. The van der Waals surface area contributed by atoms with Crippen LogP contribution < -0.4 is 24.8 Å². The molecule has 1 atom stereocenters. The Bertz CT molecular complexity index is 912.